The highest BCUT2D eigenvalue weighted by atomic mass is 127. The molecule has 0 aromatic heterocycles. The molecule has 0 spiro atoms. The lowest BCUT2D eigenvalue weighted by Gasteiger charge is -2.21. The van der Waals surface area contributed by atoms with Gasteiger partial charge in [0.1, 0.15) is 0 Å². The van der Waals surface area contributed by atoms with Crippen molar-refractivity contribution in [2.24, 2.45) is 10.7 Å². The normalized spacial score (nSPS) is 24.3. The van der Waals surface area contributed by atoms with Crippen molar-refractivity contribution in [3.8, 4) is 0 Å². The number of ether oxygens (including phenoxy) is 2. The van der Waals surface area contributed by atoms with Crippen LogP contribution in [0.2, 0.25) is 0 Å². The Morgan fingerprint density at radius 1 is 1.20 bits per heavy atom. The second-order valence-electron chi connectivity index (χ2n) is 5.35. The van der Waals surface area contributed by atoms with Gasteiger partial charge in [-0.15, -0.1) is 24.0 Å². The minimum Gasteiger partial charge on any atom is -0.377 e. The van der Waals surface area contributed by atoms with Crippen molar-refractivity contribution in [3.05, 3.63) is 0 Å². The first kappa shape index (κ1) is 18.0. The molecule has 0 aromatic rings. The Labute approximate surface area is 139 Å². The molecule has 20 heavy (non-hydrogen) atoms. The third-order valence-corrected chi connectivity index (χ3v) is 3.77. The molecule has 0 saturated carbocycles. The summed E-state index contributed by atoms with van der Waals surface area (Å²) in [5.74, 6) is 0.683. The highest BCUT2D eigenvalue weighted by Crippen LogP contribution is 2.12. The summed E-state index contributed by atoms with van der Waals surface area (Å²) in [6.07, 6.45) is 7.67. The van der Waals surface area contributed by atoms with Crippen LogP contribution >= 0.6 is 24.0 Å². The number of guanidine groups is 1. The highest BCUT2D eigenvalue weighted by molar-refractivity contribution is 14.0. The number of nitrogens with two attached hydrogens (primary N) is 1. The Bertz CT molecular complexity index is 276. The van der Waals surface area contributed by atoms with E-state index in [-0.39, 0.29) is 24.0 Å². The summed E-state index contributed by atoms with van der Waals surface area (Å²) < 4.78 is 11.1. The Morgan fingerprint density at radius 2 is 1.95 bits per heavy atom. The van der Waals surface area contributed by atoms with Crippen LogP contribution < -0.4 is 5.73 Å². The Balaban J connectivity index is 0.00000200. The zero-order valence-electron chi connectivity index (χ0n) is 12.3. The first-order chi connectivity index (χ1) is 9.36. The largest absolute Gasteiger partial charge is 0.377 e. The van der Waals surface area contributed by atoms with Crippen molar-refractivity contribution in [2.45, 2.75) is 44.6 Å². The van der Waals surface area contributed by atoms with E-state index in [4.69, 9.17) is 15.2 Å². The van der Waals surface area contributed by atoms with Gasteiger partial charge in [-0.2, -0.15) is 0 Å². The minimum absolute atomic E-state index is 0. The van der Waals surface area contributed by atoms with Gasteiger partial charge in [-0.05, 0) is 25.7 Å². The van der Waals surface area contributed by atoms with Crippen LogP contribution in [0.5, 0.6) is 0 Å². The molecule has 0 bridgehead atoms. The predicted octanol–water partition coefficient (Wildman–Crippen LogP) is 1.99. The first-order valence-electron chi connectivity index (χ1n) is 7.60. The summed E-state index contributed by atoms with van der Waals surface area (Å²) in [6, 6.07) is 0. The fraction of sp³-hybridized carbons (Fsp3) is 0.929. The van der Waals surface area contributed by atoms with Gasteiger partial charge >= 0.3 is 0 Å². The summed E-state index contributed by atoms with van der Waals surface area (Å²) >= 11 is 0. The molecule has 2 saturated heterocycles. The molecule has 0 amide bonds. The number of rotatable bonds is 5. The van der Waals surface area contributed by atoms with Gasteiger partial charge in [0.25, 0.3) is 0 Å². The lowest BCUT2D eigenvalue weighted by atomic mass is 10.2. The predicted molar refractivity (Wildman–Crippen MR) is 91.7 cm³/mol. The van der Waals surface area contributed by atoms with E-state index in [9.17, 15) is 0 Å². The van der Waals surface area contributed by atoms with Crippen LogP contribution in [0, 0.1) is 0 Å². The van der Waals surface area contributed by atoms with Crippen LogP contribution in [-0.4, -0.2) is 56.4 Å². The molecule has 6 heteroatoms. The molecule has 0 radical (unpaired) electrons. The van der Waals surface area contributed by atoms with E-state index in [0.29, 0.717) is 31.8 Å². The number of nitrogens with zero attached hydrogens (tertiary/aromatic N) is 2. The second-order valence-corrected chi connectivity index (χ2v) is 5.35. The maximum Gasteiger partial charge on any atom is 0.191 e. The summed E-state index contributed by atoms with van der Waals surface area (Å²) in [4.78, 5) is 6.61. The topological polar surface area (TPSA) is 60.1 Å². The summed E-state index contributed by atoms with van der Waals surface area (Å²) in [5.41, 5.74) is 6.02. The molecule has 2 rings (SSSR count). The van der Waals surface area contributed by atoms with E-state index in [2.05, 4.69) is 9.89 Å². The monoisotopic (exact) mass is 397 g/mol. The number of aliphatic imine (C=N–C) groups is 1. The van der Waals surface area contributed by atoms with E-state index >= 15 is 0 Å². The summed E-state index contributed by atoms with van der Waals surface area (Å²) in [6.45, 7) is 4.95. The maximum absolute atomic E-state index is 6.02. The molecule has 2 N–H and O–H groups in total. The van der Waals surface area contributed by atoms with E-state index in [1.54, 1.807) is 0 Å². The third-order valence-electron chi connectivity index (χ3n) is 3.77. The molecule has 2 fully saturated rings. The zero-order valence-corrected chi connectivity index (χ0v) is 14.6. The average molecular weight is 397 g/mol. The molecule has 2 aliphatic rings. The van der Waals surface area contributed by atoms with Crippen molar-refractivity contribution < 1.29 is 9.47 Å². The molecule has 0 aliphatic carbocycles. The molecular weight excluding hydrogens is 369 g/mol. The van der Waals surface area contributed by atoms with Crippen molar-refractivity contribution in [1.29, 1.82) is 0 Å². The van der Waals surface area contributed by atoms with E-state index in [1.807, 2.05) is 0 Å². The van der Waals surface area contributed by atoms with E-state index in [0.717, 1.165) is 32.5 Å². The van der Waals surface area contributed by atoms with Crippen LogP contribution in [0.4, 0.5) is 0 Å². The van der Waals surface area contributed by atoms with Gasteiger partial charge in [0, 0.05) is 19.7 Å². The van der Waals surface area contributed by atoms with Gasteiger partial charge in [0.05, 0.1) is 25.9 Å². The summed E-state index contributed by atoms with van der Waals surface area (Å²) in [5, 5.41) is 0. The number of hydrogen-bond acceptors (Lipinski definition) is 3. The van der Waals surface area contributed by atoms with Crippen molar-refractivity contribution in [3.63, 3.8) is 0 Å². The van der Waals surface area contributed by atoms with Crippen LogP contribution in [0.1, 0.15) is 38.5 Å². The van der Waals surface area contributed by atoms with Crippen LogP contribution in [0.15, 0.2) is 4.99 Å². The van der Waals surface area contributed by atoms with Gasteiger partial charge in [-0.25, -0.2) is 0 Å². The first-order valence-corrected chi connectivity index (χ1v) is 7.60. The number of likely N-dealkylation sites (tertiary alicyclic amines) is 1. The van der Waals surface area contributed by atoms with Crippen LogP contribution in [0.3, 0.4) is 0 Å². The van der Waals surface area contributed by atoms with Gasteiger partial charge < -0.3 is 20.1 Å². The molecular formula is C14H28IN3O2. The lowest BCUT2D eigenvalue weighted by Crippen LogP contribution is -2.38. The van der Waals surface area contributed by atoms with Gasteiger partial charge in [0.15, 0.2) is 5.96 Å². The fourth-order valence-electron chi connectivity index (χ4n) is 2.62. The standard InChI is InChI=1S/C14H27N3O2.HI/c15-14(17-8-3-1-2-4-9-17)16-7-11-18-12-13-6-5-10-19-13;/h13H,1-12H2,(H2,15,16);1H. The van der Waals surface area contributed by atoms with Gasteiger partial charge in [0.2, 0.25) is 0 Å². The molecule has 1 unspecified atom stereocenters. The van der Waals surface area contributed by atoms with Crippen LogP contribution in [-0.2, 0) is 9.47 Å². The molecule has 2 aliphatic heterocycles. The minimum atomic E-state index is 0. The molecule has 0 aromatic carbocycles. The smallest absolute Gasteiger partial charge is 0.191 e. The second kappa shape index (κ2) is 10.6. The quantitative estimate of drug-likeness (QED) is 0.334. The molecule has 1 atom stereocenters. The van der Waals surface area contributed by atoms with E-state index < -0.39 is 0 Å². The van der Waals surface area contributed by atoms with Crippen molar-refractivity contribution >= 4 is 29.9 Å². The highest BCUT2D eigenvalue weighted by Gasteiger charge is 2.15. The SMILES string of the molecule is I.NC(=NCCOCC1CCCO1)N1CCCCCC1. The van der Waals surface area contributed by atoms with Gasteiger partial charge in [-0.3, -0.25) is 4.99 Å². The summed E-state index contributed by atoms with van der Waals surface area (Å²) in [7, 11) is 0. The number of hydrogen-bond donors (Lipinski definition) is 1. The average Bonchev–Trinajstić information content (AvgIpc) is 2.78. The van der Waals surface area contributed by atoms with E-state index in [1.165, 1.54) is 25.7 Å². The van der Waals surface area contributed by atoms with Crippen molar-refractivity contribution in [1.82, 2.24) is 4.90 Å². The fourth-order valence-corrected chi connectivity index (χ4v) is 2.62. The molecule has 5 nitrogen and oxygen atoms in total. The Hall–Kier alpha value is -0.0800. The Kier molecular flexibility index (Phi) is 9.54. The molecule has 2 heterocycles. The molecule has 118 valence electrons. The zero-order chi connectivity index (χ0) is 13.3. The maximum atomic E-state index is 6.02. The lowest BCUT2D eigenvalue weighted by molar-refractivity contribution is 0.0199. The van der Waals surface area contributed by atoms with Crippen molar-refractivity contribution in [2.75, 3.05) is 39.5 Å². The van der Waals surface area contributed by atoms with Crippen LogP contribution in [0.25, 0.3) is 0 Å². The van der Waals surface area contributed by atoms with Gasteiger partial charge in [-0.1, -0.05) is 12.8 Å². The third kappa shape index (κ3) is 6.58. The Morgan fingerprint density at radius 3 is 2.60 bits per heavy atom. The number of halogens is 1.